The number of ether oxygens (including phenoxy) is 1. The maximum Gasteiger partial charge on any atom is 0.316 e. The van der Waals surface area contributed by atoms with Gasteiger partial charge < -0.3 is 10.1 Å². The van der Waals surface area contributed by atoms with Crippen LogP contribution in [0.3, 0.4) is 0 Å². The lowest BCUT2D eigenvalue weighted by molar-refractivity contribution is -0.139. The second-order valence-electron chi connectivity index (χ2n) is 7.88. The number of thioether (sulfide) groups is 1. The van der Waals surface area contributed by atoms with Crippen LogP contribution in [0.25, 0.3) is 0 Å². The van der Waals surface area contributed by atoms with Gasteiger partial charge in [-0.15, -0.1) is 11.8 Å². The third-order valence-electron chi connectivity index (χ3n) is 4.88. The predicted molar refractivity (Wildman–Crippen MR) is 119 cm³/mol. The number of hydrogen-bond donors (Lipinski definition) is 1. The Morgan fingerprint density at radius 2 is 1.77 bits per heavy atom. The molecular formula is C24H27NO4S. The molecule has 0 unspecified atom stereocenters. The SMILES string of the molecule is CC(C)CC(=O)Nc1ccc(C(=O)COC(=O)CSc2ccc3c(c2)CCC3)cc1. The highest BCUT2D eigenvalue weighted by molar-refractivity contribution is 8.00. The van der Waals surface area contributed by atoms with Crippen LogP contribution in [0.15, 0.2) is 47.4 Å². The van der Waals surface area contributed by atoms with Gasteiger partial charge in [0.05, 0.1) is 5.75 Å². The number of carbonyl (C=O) groups is 3. The van der Waals surface area contributed by atoms with Gasteiger partial charge >= 0.3 is 5.97 Å². The first-order chi connectivity index (χ1) is 14.4. The second-order valence-corrected chi connectivity index (χ2v) is 8.93. The molecule has 1 N–H and O–H groups in total. The van der Waals surface area contributed by atoms with Crippen molar-refractivity contribution in [2.45, 2.75) is 44.4 Å². The average Bonchev–Trinajstić information content (AvgIpc) is 3.18. The number of rotatable bonds is 9. The van der Waals surface area contributed by atoms with E-state index in [1.807, 2.05) is 19.9 Å². The van der Waals surface area contributed by atoms with Crippen molar-refractivity contribution in [2.24, 2.45) is 5.92 Å². The maximum absolute atomic E-state index is 12.3. The molecule has 1 amide bonds. The number of benzene rings is 2. The molecule has 6 heteroatoms. The Bertz CT molecular complexity index is 921. The lowest BCUT2D eigenvalue weighted by Crippen LogP contribution is -2.16. The van der Waals surface area contributed by atoms with Gasteiger partial charge in [0.15, 0.2) is 12.4 Å². The molecule has 0 spiro atoms. The molecule has 5 nitrogen and oxygen atoms in total. The fraction of sp³-hybridized carbons (Fsp3) is 0.375. The number of Topliss-reactive ketones (excluding diaryl/α,β-unsaturated/α-hetero) is 1. The number of hydrogen-bond acceptors (Lipinski definition) is 5. The van der Waals surface area contributed by atoms with Crippen LogP contribution in [-0.4, -0.2) is 30.0 Å². The molecule has 0 saturated carbocycles. The third kappa shape index (κ3) is 6.46. The molecule has 0 atom stereocenters. The molecule has 0 aliphatic heterocycles. The maximum atomic E-state index is 12.3. The number of aryl methyl sites for hydroxylation is 2. The summed E-state index contributed by atoms with van der Waals surface area (Å²) >= 11 is 1.43. The van der Waals surface area contributed by atoms with Crippen molar-refractivity contribution in [2.75, 3.05) is 17.7 Å². The van der Waals surface area contributed by atoms with E-state index in [0.717, 1.165) is 17.7 Å². The molecule has 0 radical (unpaired) electrons. The van der Waals surface area contributed by atoms with E-state index in [-0.39, 0.29) is 30.0 Å². The normalized spacial score (nSPS) is 12.5. The summed E-state index contributed by atoms with van der Waals surface area (Å²) in [6, 6.07) is 12.9. The number of carbonyl (C=O) groups excluding carboxylic acids is 3. The fourth-order valence-electron chi connectivity index (χ4n) is 3.37. The van der Waals surface area contributed by atoms with Gasteiger partial charge in [-0.3, -0.25) is 14.4 Å². The highest BCUT2D eigenvalue weighted by atomic mass is 32.2. The minimum atomic E-state index is -0.411. The topological polar surface area (TPSA) is 72.5 Å². The molecule has 1 aliphatic rings. The number of amides is 1. The van der Waals surface area contributed by atoms with Crippen molar-refractivity contribution in [3.8, 4) is 0 Å². The molecule has 0 aromatic heterocycles. The van der Waals surface area contributed by atoms with Crippen LogP contribution in [-0.2, 0) is 27.2 Å². The van der Waals surface area contributed by atoms with Crippen molar-refractivity contribution in [1.29, 1.82) is 0 Å². The van der Waals surface area contributed by atoms with Crippen LogP contribution < -0.4 is 5.32 Å². The van der Waals surface area contributed by atoms with Crippen LogP contribution in [0.2, 0.25) is 0 Å². The van der Waals surface area contributed by atoms with Gasteiger partial charge in [-0.1, -0.05) is 19.9 Å². The van der Waals surface area contributed by atoms with Crippen molar-refractivity contribution < 1.29 is 19.1 Å². The first-order valence-corrected chi connectivity index (χ1v) is 11.2. The Kier molecular flexibility index (Phi) is 7.69. The van der Waals surface area contributed by atoms with Gasteiger partial charge in [-0.05, 0) is 72.7 Å². The number of anilines is 1. The standard InChI is InChI=1S/C24H27NO4S/c1-16(2)12-23(27)25-20-9-6-18(7-10-20)22(26)14-29-24(28)15-30-21-11-8-17-4-3-5-19(17)13-21/h6-11,13,16H,3-5,12,14-15H2,1-2H3,(H,25,27). The first kappa shape index (κ1) is 22.1. The molecule has 158 valence electrons. The van der Waals surface area contributed by atoms with Crippen LogP contribution >= 0.6 is 11.8 Å². The monoisotopic (exact) mass is 425 g/mol. The summed E-state index contributed by atoms with van der Waals surface area (Å²) < 4.78 is 5.13. The minimum Gasteiger partial charge on any atom is -0.457 e. The van der Waals surface area contributed by atoms with E-state index in [2.05, 4.69) is 17.4 Å². The number of esters is 1. The number of ketones is 1. The van der Waals surface area contributed by atoms with Crippen molar-refractivity contribution >= 4 is 35.1 Å². The van der Waals surface area contributed by atoms with Gasteiger partial charge in [0.1, 0.15) is 0 Å². The van der Waals surface area contributed by atoms with Crippen molar-refractivity contribution in [3.63, 3.8) is 0 Å². The summed E-state index contributed by atoms with van der Waals surface area (Å²) in [6.45, 7) is 3.67. The van der Waals surface area contributed by atoms with Crippen molar-refractivity contribution in [1.82, 2.24) is 0 Å². The van der Waals surface area contributed by atoms with Gasteiger partial charge in [0, 0.05) is 22.6 Å². The van der Waals surface area contributed by atoms with Crippen LogP contribution in [0.4, 0.5) is 5.69 Å². The Morgan fingerprint density at radius 3 is 2.50 bits per heavy atom. The number of fused-ring (bicyclic) bond motifs is 1. The van der Waals surface area contributed by atoms with Crippen LogP contribution in [0.1, 0.15) is 48.2 Å². The van der Waals surface area contributed by atoms with E-state index in [1.165, 1.54) is 29.3 Å². The van der Waals surface area contributed by atoms with Crippen LogP contribution in [0.5, 0.6) is 0 Å². The Balaban J connectivity index is 1.42. The zero-order valence-corrected chi connectivity index (χ0v) is 18.2. The van der Waals surface area contributed by atoms with E-state index in [0.29, 0.717) is 17.7 Å². The van der Waals surface area contributed by atoms with Gasteiger partial charge in [-0.2, -0.15) is 0 Å². The Labute approximate surface area is 181 Å². The zero-order valence-electron chi connectivity index (χ0n) is 17.4. The minimum absolute atomic E-state index is 0.0566. The molecule has 2 aromatic rings. The summed E-state index contributed by atoms with van der Waals surface area (Å²) in [5.74, 6) is -0.287. The van der Waals surface area contributed by atoms with E-state index >= 15 is 0 Å². The van der Waals surface area contributed by atoms with Gasteiger partial charge in [0.25, 0.3) is 0 Å². The summed E-state index contributed by atoms with van der Waals surface area (Å²) in [5, 5.41) is 2.80. The summed E-state index contributed by atoms with van der Waals surface area (Å²) in [4.78, 5) is 37.1. The van der Waals surface area contributed by atoms with E-state index < -0.39 is 5.97 Å². The van der Waals surface area contributed by atoms with E-state index in [9.17, 15) is 14.4 Å². The predicted octanol–water partition coefficient (Wildman–Crippen LogP) is 4.68. The first-order valence-electron chi connectivity index (χ1n) is 10.2. The van der Waals surface area contributed by atoms with E-state index in [4.69, 9.17) is 4.74 Å². The molecular weight excluding hydrogens is 398 g/mol. The summed E-state index contributed by atoms with van der Waals surface area (Å²) in [5.41, 5.74) is 3.85. The van der Waals surface area contributed by atoms with Crippen molar-refractivity contribution in [3.05, 3.63) is 59.2 Å². The number of nitrogens with one attached hydrogen (secondary N) is 1. The highest BCUT2D eigenvalue weighted by Crippen LogP contribution is 2.27. The van der Waals surface area contributed by atoms with Gasteiger partial charge in [0.2, 0.25) is 5.91 Å². The summed E-state index contributed by atoms with van der Waals surface area (Å²) in [6.07, 6.45) is 3.87. The van der Waals surface area contributed by atoms with E-state index in [1.54, 1.807) is 24.3 Å². The van der Waals surface area contributed by atoms with Gasteiger partial charge in [-0.25, -0.2) is 0 Å². The lowest BCUT2D eigenvalue weighted by atomic mass is 10.1. The third-order valence-corrected chi connectivity index (χ3v) is 5.84. The molecule has 0 heterocycles. The Hall–Kier alpha value is -2.60. The smallest absolute Gasteiger partial charge is 0.316 e. The zero-order chi connectivity index (χ0) is 21.5. The molecule has 0 bridgehead atoms. The largest absolute Gasteiger partial charge is 0.457 e. The molecule has 3 rings (SSSR count). The molecule has 30 heavy (non-hydrogen) atoms. The highest BCUT2D eigenvalue weighted by Gasteiger charge is 2.14. The molecule has 1 aliphatic carbocycles. The van der Waals surface area contributed by atoms with Crippen LogP contribution in [0, 0.1) is 5.92 Å². The summed E-state index contributed by atoms with van der Waals surface area (Å²) in [7, 11) is 0. The fourth-order valence-corrected chi connectivity index (χ4v) is 4.13. The molecule has 0 saturated heterocycles. The average molecular weight is 426 g/mol. The lowest BCUT2D eigenvalue weighted by Gasteiger charge is -2.08. The molecule has 0 fully saturated rings. The Morgan fingerprint density at radius 1 is 1.03 bits per heavy atom. The molecule has 2 aromatic carbocycles. The second kappa shape index (κ2) is 10.4. The quantitative estimate of drug-likeness (QED) is 0.359.